The van der Waals surface area contributed by atoms with E-state index in [4.69, 9.17) is 0 Å². The third-order valence-electron chi connectivity index (χ3n) is 5.90. The van der Waals surface area contributed by atoms with Gasteiger partial charge >= 0.3 is 0 Å². The summed E-state index contributed by atoms with van der Waals surface area (Å²) < 4.78 is 3.91. The van der Waals surface area contributed by atoms with Crippen LogP contribution in [0.5, 0.6) is 0 Å². The average Bonchev–Trinajstić information content (AvgIpc) is 3.45. The highest BCUT2D eigenvalue weighted by Gasteiger charge is 2.35. The maximum Gasteiger partial charge on any atom is 0.259 e. The van der Waals surface area contributed by atoms with E-state index in [1.807, 2.05) is 77.1 Å². The molecule has 0 radical (unpaired) electrons. The Morgan fingerprint density at radius 3 is 2.00 bits per heavy atom. The maximum atomic E-state index is 13.1. The van der Waals surface area contributed by atoms with Gasteiger partial charge in [0, 0.05) is 46.9 Å². The van der Waals surface area contributed by atoms with E-state index in [2.05, 4.69) is 15.3 Å². The second kappa shape index (κ2) is 6.75. The fraction of sp³-hybridized carbons (Fsp3) is 0.0400. The first-order valence-corrected chi connectivity index (χ1v) is 10.1. The number of carbonyl (C=O) groups excluding carboxylic acids is 2. The summed E-state index contributed by atoms with van der Waals surface area (Å²) in [6.07, 6.45) is 8.68. The Bertz CT molecular complexity index is 1590. The van der Waals surface area contributed by atoms with E-state index >= 15 is 0 Å². The van der Waals surface area contributed by atoms with Gasteiger partial charge in [0.05, 0.1) is 34.7 Å². The van der Waals surface area contributed by atoms with Gasteiger partial charge in [-0.05, 0) is 12.1 Å². The van der Waals surface area contributed by atoms with Gasteiger partial charge in [0.25, 0.3) is 11.8 Å². The molecule has 1 aliphatic rings. The van der Waals surface area contributed by atoms with Crippen LogP contribution in [0.3, 0.4) is 0 Å². The minimum Gasteiger partial charge on any atom is -0.350 e. The van der Waals surface area contributed by atoms with E-state index in [0.717, 1.165) is 33.1 Å². The van der Waals surface area contributed by atoms with Crippen molar-refractivity contribution in [2.75, 3.05) is 0 Å². The topological polar surface area (TPSA) is 81.8 Å². The van der Waals surface area contributed by atoms with Gasteiger partial charge in [0.1, 0.15) is 6.33 Å². The van der Waals surface area contributed by atoms with Crippen LogP contribution in [0.4, 0.5) is 0 Å². The zero-order valence-corrected chi connectivity index (χ0v) is 17.1. The second-order valence-corrected chi connectivity index (χ2v) is 7.73. The van der Waals surface area contributed by atoms with Crippen molar-refractivity contribution >= 4 is 44.8 Å². The number of nitrogens with one attached hydrogen (secondary N) is 1. The van der Waals surface area contributed by atoms with Crippen molar-refractivity contribution in [2.45, 2.75) is 0 Å². The van der Waals surface area contributed by atoms with Crippen LogP contribution in [0, 0.1) is 0 Å². The summed E-state index contributed by atoms with van der Waals surface area (Å²) in [6, 6.07) is 15.6. The molecule has 0 saturated heterocycles. The number of amides is 2. The van der Waals surface area contributed by atoms with E-state index in [1.54, 1.807) is 12.4 Å². The molecule has 0 bridgehead atoms. The van der Waals surface area contributed by atoms with Gasteiger partial charge in [-0.3, -0.25) is 14.9 Å². The minimum absolute atomic E-state index is 0.373. The highest BCUT2D eigenvalue weighted by atomic mass is 16.2. The largest absolute Gasteiger partial charge is 0.350 e. The molecule has 0 saturated carbocycles. The first kappa shape index (κ1) is 18.3. The number of rotatable bonds is 3. The monoisotopic (exact) mass is 419 g/mol. The molecule has 2 amide bonds. The third kappa shape index (κ3) is 2.54. The molecule has 7 nitrogen and oxygen atoms in total. The summed E-state index contributed by atoms with van der Waals surface area (Å²) in [5, 5.41) is 4.30. The molecule has 0 fully saturated rings. The smallest absolute Gasteiger partial charge is 0.259 e. The fourth-order valence-corrected chi connectivity index (χ4v) is 4.52. The van der Waals surface area contributed by atoms with Crippen LogP contribution in [0.1, 0.15) is 11.1 Å². The van der Waals surface area contributed by atoms with Crippen LogP contribution in [-0.2, 0) is 16.6 Å². The number of imide groups is 1. The van der Waals surface area contributed by atoms with E-state index in [1.165, 1.54) is 6.33 Å². The van der Waals surface area contributed by atoms with Crippen molar-refractivity contribution in [3.05, 3.63) is 90.8 Å². The van der Waals surface area contributed by atoms with Crippen LogP contribution in [0.25, 0.3) is 38.6 Å². The quantitative estimate of drug-likeness (QED) is 0.454. The zero-order chi connectivity index (χ0) is 21.8. The van der Waals surface area contributed by atoms with Crippen LogP contribution >= 0.6 is 0 Å². The number of fused-ring (bicyclic) bond motifs is 2. The Hall–Kier alpha value is -4.52. The maximum absolute atomic E-state index is 13.1. The SMILES string of the molecule is Cn1cc(C2=C(c3cn(-c4cncnc4)c4ccccc34)C(=O)NC2=O)c2ccccc21. The van der Waals surface area contributed by atoms with Gasteiger partial charge < -0.3 is 9.13 Å². The fourth-order valence-electron chi connectivity index (χ4n) is 4.52. The van der Waals surface area contributed by atoms with E-state index in [-0.39, 0.29) is 5.91 Å². The molecule has 2 aromatic carbocycles. The lowest BCUT2D eigenvalue weighted by Gasteiger charge is -2.03. The number of aromatic nitrogens is 4. The Kier molecular flexibility index (Phi) is 3.85. The molecule has 0 aliphatic carbocycles. The summed E-state index contributed by atoms with van der Waals surface area (Å²) in [6.45, 7) is 0. The molecule has 0 atom stereocenters. The zero-order valence-electron chi connectivity index (χ0n) is 17.1. The van der Waals surface area contributed by atoms with Crippen molar-refractivity contribution < 1.29 is 9.59 Å². The minimum atomic E-state index is -0.398. The van der Waals surface area contributed by atoms with Crippen molar-refractivity contribution in [1.29, 1.82) is 0 Å². The van der Waals surface area contributed by atoms with Gasteiger partial charge in [-0.25, -0.2) is 9.97 Å². The van der Waals surface area contributed by atoms with Gasteiger partial charge in [0.15, 0.2) is 0 Å². The van der Waals surface area contributed by atoms with E-state index < -0.39 is 5.91 Å². The first-order chi connectivity index (χ1) is 15.6. The van der Waals surface area contributed by atoms with Crippen LogP contribution in [0.2, 0.25) is 0 Å². The predicted molar refractivity (Wildman–Crippen MR) is 122 cm³/mol. The first-order valence-electron chi connectivity index (χ1n) is 10.1. The molecule has 1 N–H and O–H groups in total. The predicted octanol–water partition coefficient (Wildman–Crippen LogP) is 3.48. The standard InChI is InChI=1S/C25H17N5O2/c1-29-12-18(16-6-2-4-8-20(16)29)22-23(25(32)28-24(22)31)19-13-30(15-10-26-14-27-11-15)21-9-5-3-7-17(19)21/h2-14H,1H3,(H,28,31,32). The lowest BCUT2D eigenvalue weighted by molar-refractivity contribution is -0.122. The molecule has 1 aliphatic heterocycles. The average molecular weight is 419 g/mol. The number of aryl methyl sites for hydroxylation is 1. The highest BCUT2D eigenvalue weighted by molar-refractivity contribution is 6.50. The van der Waals surface area contributed by atoms with Crippen LogP contribution < -0.4 is 5.32 Å². The number of hydrogen-bond donors (Lipinski definition) is 1. The molecule has 154 valence electrons. The second-order valence-electron chi connectivity index (χ2n) is 7.73. The normalized spacial score (nSPS) is 14.0. The van der Waals surface area contributed by atoms with Gasteiger partial charge in [-0.15, -0.1) is 0 Å². The van der Waals surface area contributed by atoms with Crippen molar-refractivity contribution in [2.24, 2.45) is 7.05 Å². The molecule has 0 unspecified atom stereocenters. The van der Waals surface area contributed by atoms with Gasteiger partial charge in [-0.1, -0.05) is 36.4 Å². The summed E-state index contributed by atoms with van der Waals surface area (Å²) in [7, 11) is 1.93. The third-order valence-corrected chi connectivity index (χ3v) is 5.90. The molecular weight excluding hydrogens is 402 g/mol. The van der Waals surface area contributed by atoms with Gasteiger partial charge in [0.2, 0.25) is 0 Å². The summed E-state index contributed by atoms with van der Waals surface area (Å²) >= 11 is 0. The molecule has 7 heteroatoms. The van der Waals surface area contributed by atoms with E-state index in [9.17, 15) is 9.59 Å². The highest BCUT2D eigenvalue weighted by Crippen LogP contribution is 2.39. The number of para-hydroxylation sites is 2. The number of carbonyl (C=O) groups is 2. The van der Waals surface area contributed by atoms with Crippen LogP contribution in [-0.4, -0.2) is 30.9 Å². The molecule has 32 heavy (non-hydrogen) atoms. The van der Waals surface area contributed by atoms with Crippen molar-refractivity contribution in [3.63, 3.8) is 0 Å². The summed E-state index contributed by atoms with van der Waals surface area (Å²) in [5.74, 6) is -0.786. The molecule has 0 spiro atoms. The Balaban J connectivity index is 1.69. The van der Waals surface area contributed by atoms with Crippen molar-refractivity contribution in [3.8, 4) is 5.69 Å². The number of benzene rings is 2. The number of hydrogen-bond acceptors (Lipinski definition) is 4. The molecule has 3 aromatic heterocycles. The molecule has 5 aromatic rings. The van der Waals surface area contributed by atoms with Gasteiger partial charge in [-0.2, -0.15) is 0 Å². The molecular formula is C25H17N5O2. The number of nitrogens with zero attached hydrogens (tertiary/aromatic N) is 4. The lowest BCUT2D eigenvalue weighted by atomic mass is 9.95. The van der Waals surface area contributed by atoms with Crippen LogP contribution in [0.15, 0.2) is 79.6 Å². The van der Waals surface area contributed by atoms with E-state index in [0.29, 0.717) is 16.7 Å². The molecule has 4 heterocycles. The Labute approximate surface area is 182 Å². The Morgan fingerprint density at radius 1 is 0.750 bits per heavy atom. The molecule has 6 rings (SSSR count). The van der Waals surface area contributed by atoms with Crippen molar-refractivity contribution in [1.82, 2.24) is 24.4 Å². The summed E-state index contributed by atoms with van der Waals surface area (Å²) in [5.41, 5.74) is 4.85. The summed E-state index contributed by atoms with van der Waals surface area (Å²) in [4.78, 5) is 34.3. The Morgan fingerprint density at radius 2 is 1.31 bits per heavy atom. The lowest BCUT2D eigenvalue weighted by Crippen LogP contribution is -2.22.